The number of aromatic nitrogens is 3. The second kappa shape index (κ2) is 12.8. The summed E-state index contributed by atoms with van der Waals surface area (Å²) in [6.07, 6.45) is 6.19. The number of allylic oxidation sites excluding steroid dienone is 1. The molecule has 0 aliphatic rings. The molecular formula is C26H30ClFN6O2. The number of hydrogen-bond acceptors (Lipinski definition) is 7. The van der Waals surface area contributed by atoms with E-state index >= 15 is 0 Å². The number of pyridine rings is 1. The van der Waals surface area contributed by atoms with Gasteiger partial charge in [0.15, 0.2) is 17.4 Å². The van der Waals surface area contributed by atoms with E-state index in [0.29, 0.717) is 41.0 Å². The summed E-state index contributed by atoms with van der Waals surface area (Å²) in [5.74, 6) is 0.289. The van der Waals surface area contributed by atoms with Gasteiger partial charge in [-0.3, -0.25) is 9.78 Å². The average Bonchev–Trinajstić information content (AvgIpc) is 2.89. The van der Waals surface area contributed by atoms with Crippen LogP contribution in [0.25, 0.3) is 11.4 Å². The van der Waals surface area contributed by atoms with Gasteiger partial charge in [0.05, 0.1) is 30.1 Å². The molecule has 0 bridgehead atoms. The Bertz CT molecular complexity index is 1220. The lowest BCUT2D eigenvalue weighted by Gasteiger charge is -2.16. The number of amides is 1. The fourth-order valence-corrected chi connectivity index (χ4v) is 3.45. The molecule has 8 nitrogen and oxygen atoms in total. The summed E-state index contributed by atoms with van der Waals surface area (Å²) in [6, 6.07) is 5.79. The molecule has 2 heterocycles. The molecule has 1 amide bonds. The van der Waals surface area contributed by atoms with Crippen molar-refractivity contribution in [2.24, 2.45) is 5.92 Å². The standard InChI is InChI=1S/C26H30ClFN6O2/c1-5-16(2)17(3)30-10-6-11-31-26(35)20-14-29-12-9-22(20)33-25-23(36-4)15-32-24(34-25)19-13-18(27)7-8-21(19)28/h7-9,12-16,30H,3,5-6,10-11H2,1-2,4H3,(H,31,35)(H,29,32,33,34). The number of rotatable bonds is 12. The van der Waals surface area contributed by atoms with Crippen LogP contribution in [0, 0.1) is 11.7 Å². The molecule has 3 rings (SSSR count). The molecule has 0 saturated heterocycles. The van der Waals surface area contributed by atoms with Gasteiger partial charge >= 0.3 is 0 Å². The first-order chi connectivity index (χ1) is 17.3. The van der Waals surface area contributed by atoms with E-state index < -0.39 is 5.82 Å². The molecule has 0 radical (unpaired) electrons. The summed E-state index contributed by atoms with van der Waals surface area (Å²) < 4.78 is 19.7. The summed E-state index contributed by atoms with van der Waals surface area (Å²) in [5, 5.41) is 9.65. The minimum Gasteiger partial charge on any atom is -0.491 e. The number of nitrogens with one attached hydrogen (secondary N) is 3. The van der Waals surface area contributed by atoms with Crippen LogP contribution in [-0.2, 0) is 0 Å². The minimum absolute atomic E-state index is 0.116. The van der Waals surface area contributed by atoms with Gasteiger partial charge in [0.25, 0.3) is 5.91 Å². The number of ether oxygens (including phenoxy) is 1. The van der Waals surface area contributed by atoms with E-state index in [9.17, 15) is 9.18 Å². The van der Waals surface area contributed by atoms with Crippen molar-refractivity contribution >= 4 is 29.0 Å². The number of methoxy groups -OCH3 is 1. The number of carbonyl (C=O) groups is 1. The van der Waals surface area contributed by atoms with Gasteiger partial charge in [-0.25, -0.2) is 14.4 Å². The molecule has 0 saturated carbocycles. The monoisotopic (exact) mass is 512 g/mol. The zero-order chi connectivity index (χ0) is 26.1. The lowest BCUT2D eigenvalue weighted by atomic mass is 10.1. The molecule has 0 spiro atoms. The first-order valence-corrected chi connectivity index (χ1v) is 12.0. The van der Waals surface area contributed by atoms with Crippen LogP contribution in [0.15, 0.2) is 55.1 Å². The molecule has 190 valence electrons. The number of benzene rings is 1. The summed E-state index contributed by atoms with van der Waals surface area (Å²) in [4.78, 5) is 25.6. The Morgan fingerprint density at radius 3 is 2.75 bits per heavy atom. The van der Waals surface area contributed by atoms with Crippen LogP contribution >= 0.6 is 11.6 Å². The second-order valence-electron chi connectivity index (χ2n) is 8.15. The number of halogens is 2. The van der Waals surface area contributed by atoms with Crippen LogP contribution in [0.2, 0.25) is 5.02 Å². The average molecular weight is 513 g/mol. The van der Waals surface area contributed by atoms with Crippen LogP contribution in [0.3, 0.4) is 0 Å². The van der Waals surface area contributed by atoms with E-state index in [1.165, 1.54) is 37.7 Å². The smallest absolute Gasteiger partial charge is 0.254 e. The quantitative estimate of drug-likeness (QED) is 0.281. The topological polar surface area (TPSA) is 101 Å². The highest BCUT2D eigenvalue weighted by Crippen LogP contribution is 2.30. The van der Waals surface area contributed by atoms with Crippen molar-refractivity contribution in [3.05, 3.63) is 71.5 Å². The van der Waals surface area contributed by atoms with Gasteiger partial charge in [0, 0.05) is 36.2 Å². The third-order valence-corrected chi connectivity index (χ3v) is 5.90. The predicted molar refractivity (Wildman–Crippen MR) is 140 cm³/mol. The third kappa shape index (κ3) is 6.91. The van der Waals surface area contributed by atoms with Gasteiger partial charge in [0.1, 0.15) is 5.82 Å². The summed E-state index contributed by atoms with van der Waals surface area (Å²) in [5.41, 5.74) is 1.93. The van der Waals surface area contributed by atoms with Crippen molar-refractivity contribution in [1.29, 1.82) is 0 Å². The van der Waals surface area contributed by atoms with E-state index in [2.05, 4.69) is 51.3 Å². The number of nitrogens with zero attached hydrogens (tertiary/aromatic N) is 3. The molecule has 3 N–H and O–H groups in total. The second-order valence-corrected chi connectivity index (χ2v) is 8.59. The minimum atomic E-state index is -0.512. The predicted octanol–water partition coefficient (Wildman–Crippen LogP) is 5.35. The van der Waals surface area contributed by atoms with Crippen molar-refractivity contribution in [3.8, 4) is 17.1 Å². The molecule has 2 aromatic heterocycles. The fourth-order valence-electron chi connectivity index (χ4n) is 3.28. The van der Waals surface area contributed by atoms with E-state index in [-0.39, 0.29) is 23.1 Å². The van der Waals surface area contributed by atoms with E-state index in [0.717, 1.165) is 18.5 Å². The van der Waals surface area contributed by atoms with Crippen LogP contribution < -0.4 is 20.7 Å². The highest BCUT2D eigenvalue weighted by Gasteiger charge is 2.17. The Morgan fingerprint density at radius 1 is 1.22 bits per heavy atom. The number of carbonyl (C=O) groups excluding carboxylic acids is 1. The lowest BCUT2D eigenvalue weighted by Crippen LogP contribution is -2.28. The molecule has 1 unspecified atom stereocenters. The highest BCUT2D eigenvalue weighted by atomic mass is 35.5. The van der Waals surface area contributed by atoms with E-state index in [1.807, 2.05) is 0 Å². The zero-order valence-corrected chi connectivity index (χ0v) is 21.3. The van der Waals surface area contributed by atoms with Crippen molar-refractivity contribution in [1.82, 2.24) is 25.6 Å². The van der Waals surface area contributed by atoms with Gasteiger partial charge in [0.2, 0.25) is 0 Å². The Labute approximate surface area is 215 Å². The zero-order valence-electron chi connectivity index (χ0n) is 20.6. The van der Waals surface area contributed by atoms with Crippen LogP contribution in [-0.4, -0.2) is 41.1 Å². The largest absolute Gasteiger partial charge is 0.491 e. The maximum absolute atomic E-state index is 14.4. The fraction of sp³-hybridized carbons (Fsp3) is 0.308. The summed E-state index contributed by atoms with van der Waals surface area (Å²) in [7, 11) is 1.47. The molecule has 1 atom stereocenters. The third-order valence-electron chi connectivity index (χ3n) is 5.66. The molecule has 0 aliphatic carbocycles. The Morgan fingerprint density at radius 2 is 2.00 bits per heavy atom. The van der Waals surface area contributed by atoms with Gasteiger partial charge in [-0.1, -0.05) is 32.0 Å². The van der Waals surface area contributed by atoms with Gasteiger partial charge in [-0.2, -0.15) is 0 Å². The van der Waals surface area contributed by atoms with E-state index in [1.54, 1.807) is 12.3 Å². The van der Waals surface area contributed by atoms with Crippen LogP contribution in [0.5, 0.6) is 5.75 Å². The van der Waals surface area contributed by atoms with E-state index in [4.69, 9.17) is 16.3 Å². The SMILES string of the molecule is C=C(NCCCNC(=O)c1cnccc1Nc1nc(-c2cc(Cl)ccc2F)ncc1OC)C(C)CC. The summed E-state index contributed by atoms with van der Waals surface area (Å²) in [6.45, 7) is 9.46. The molecule has 10 heteroatoms. The first kappa shape index (κ1) is 26.9. The maximum Gasteiger partial charge on any atom is 0.254 e. The highest BCUT2D eigenvalue weighted by molar-refractivity contribution is 6.30. The van der Waals surface area contributed by atoms with Crippen molar-refractivity contribution in [2.75, 3.05) is 25.5 Å². The van der Waals surface area contributed by atoms with Crippen molar-refractivity contribution in [2.45, 2.75) is 26.7 Å². The number of anilines is 2. The first-order valence-electron chi connectivity index (χ1n) is 11.6. The molecule has 36 heavy (non-hydrogen) atoms. The van der Waals surface area contributed by atoms with Gasteiger partial charge < -0.3 is 20.7 Å². The Kier molecular flexibility index (Phi) is 9.58. The Balaban J connectivity index is 1.72. The lowest BCUT2D eigenvalue weighted by molar-refractivity contribution is 0.0954. The molecule has 1 aromatic carbocycles. The molecule has 0 fully saturated rings. The molecule has 3 aromatic rings. The normalized spacial score (nSPS) is 11.5. The van der Waals surface area contributed by atoms with Gasteiger partial charge in [-0.15, -0.1) is 0 Å². The Hall–Kier alpha value is -3.72. The van der Waals surface area contributed by atoms with Crippen molar-refractivity contribution in [3.63, 3.8) is 0 Å². The van der Waals surface area contributed by atoms with Crippen LogP contribution in [0.4, 0.5) is 15.9 Å². The van der Waals surface area contributed by atoms with Gasteiger partial charge in [-0.05, 0) is 43.0 Å². The number of hydrogen-bond donors (Lipinski definition) is 3. The van der Waals surface area contributed by atoms with Crippen LogP contribution in [0.1, 0.15) is 37.0 Å². The molecular weight excluding hydrogens is 483 g/mol. The molecule has 0 aliphatic heterocycles. The van der Waals surface area contributed by atoms with Crippen molar-refractivity contribution < 1.29 is 13.9 Å². The maximum atomic E-state index is 14.4. The summed E-state index contributed by atoms with van der Waals surface area (Å²) >= 11 is 6.03.